The van der Waals surface area contributed by atoms with Crippen molar-refractivity contribution < 1.29 is 36.6 Å². The lowest BCUT2D eigenvalue weighted by Gasteiger charge is -2.37. The highest BCUT2D eigenvalue weighted by atomic mass is 32.2. The predicted molar refractivity (Wildman–Crippen MR) is 188 cm³/mol. The van der Waals surface area contributed by atoms with Crippen LogP contribution in [0.3, 0.4) is 0 Å². The predicted octanol–water partition coefficient (Wildman–Crippen LogP) is 5.35. The summed E-state index contributed by atoms with van der Waals surface area (Å²) in [6.45, 7) is 3.77. The second kappa shape index (κ2) is 15.4. The number of aryl methyl sites for hydroxylation is 1. The molecule has 1 aromatic carbocycles. The summed E-state index contributed by atoms with van der Waals surface area (Å²) in [5.74, 6) is -3.30. The molecular weight excluding hydrogens is 698 g/mol. The van der Waals surface area contributed by atoms with E-state index in [1.165, 1.54) is 27.9 Å². The van der Waals surface area contributed by atoms with Crippen LogP contribution in [0.25, 0.3) is 11.0 Å². The van der Waals surface area contributed by atoms with Gasteiger partial charge in [-0.1, -0.05) is 24.6 Å². The van der Waals surface area contributed by atoms with Crippen molar-refractivity contribution in [2.45, 2.75) is 88.5 Å². The molecule has 1 amide bonds. The van der Waals surface area contributed by atoms with Crippen molar-refractivity contribution in [3.63, 3.8) is 0 Å². The first-order valence-electron chi connectivity index (χ1n) is 17.8. The van der Waals surface area contributed by atoms with Crippen molar-refractivity contribution in [2.24, 2.45) is 5.92 Å². The highest BCUT2D eigenvalue weighted by Gasteiger charge is 2.42. The molecule has 6 rings (SSSR count). The molecule has 16 heteroatoms. The fourth-order valence-electron chi connectivity index (χ4n) is 7.27. The first-order chi connectivity index (χ1) is 24.8. The molecule has 0 aliphatic carbocycles. The van der Waals surface area contributed by atoms with Gasteiger partial charge in [-0.15, -0.1) is 0 Å². The van der Waals surface area contributed by atoms with Gasteiger partial charge in [0.15, 0.2) is 6.29 Å². The van der Waals surface area contributed by atoms with E-state index >= 15 is 8.78 Å². The summed E-state index contributed by atoms with van der Waals surface area (Å²) in [6.07, 6.45) is 2.78. The Morgan fingerprint density at radius 1 is 1.13 bits per heavy atom. The molecular formula is C36H44F2N6O7S. The second-order valence-electron chi connectivity index (χ2n) is 14.1. The minimum atomic E-state index is -3.34. The number of hydrogen-bond donors (Lipinski definition) is 2. The number of aromatic nitrogens is 3. The van der Waals surface area contributed by atoms with E-state index in [2.05, 4.69) is 21.4 Å². The van der Waals surface area contributed by atoms with Gasteiger partial charge in [0.1, 0.15) is 27.6 Å². The van der Waals surface area contributed by atoms with E-state index in [1.807, 2.05) is 0 Å². The number of carboxylic acid groups (broad SMARTS) is 1. The van der Waals surface area contributed by atoms with E-state index in [9.17, 15) is 23.3 Å². The monoisotopic (exact) mass is 742 g/mol. The molecule has 0 radical (unpaired) electrons. The normalized spacial score (nSPS) is 19.6. The van der Waals surface area contributed by atoms with Gasteiger partial charge in [-0.05, 0) is 69.1 Å². The summed E-state index contributed by atoms with van der Waals surface area (Å²) in [5.41, 5.74) is -0.767. The molecule has 280 valence electrons. The van der Waals surface area contributed by atoms with Gasteiger partial charge in [0.05, 0.1) is 41.6 Å². The summed E-state index contributed by atoms with van der Waals surface area (Å²) in [5, 5.41) is 23.2. The van der Waals surface area contributed by atoms with Gasteiger partial charge in [0.2, 0.25) is 0 Å². The lowest BCUT2D eigenvalue weighted by Crippen LogP contribution is -2.49. The third kappa shape index (κ3) is 8.21. The van der Waals surface area contributed by atoms with Crippen LogP contribution in [-0.2, 0) is 37.2 Å². The minimum Gasteiger partial charge on any atom is -0.465 e. The second-order valence-corrected chi connectivity index (χ2v) is 16.4. The number of pyridine rings is 1. The van der Waals surface area contributed by atoms with Crippen molar-refractivity contribution in [1.29, 1.82) is 5.26 Å². The molecule has 0 spiro atoms. The molecule has 5 heterocycles. The molecule has 2 N–H and O–H groups in total. The number of nitrogens with zero attached hydrogens (tertiary/aromatic N) is 5. The van der Waals surface area contributed by atoms with Gasteiger partial charge in [-0.25, -0.2) is 32.0 Å². The first-order valence-corrected chi connectivity index (χ1v) is 19.6. The topological polar surface area (TPSA) is 177 Å². The Hall–Kier alpha value is -4.20. The average Bonchev–Trinajstić information content (AvgIpc) is 3.62. The molecule has 0 unspecified atom stereocenters. The Morgan fingerprint density at radius 3 is 2.56 bits per heavy atom. The zero-order valence-electron chi connectivity index (χ0n) is 29.1. The van der Waals surface area contributed by atoms with Crippen molar-refractivity contribution in [3.8, 4) is 6.07 Å². The van der Waals surface area contributed by atoms with Crippen molar-refractivity contribution in [2.75, 3.05) is 43.1 Å². The minimum absolute atomic E-state index is 0.0135. The number of ether oxygens (including phenoxy) is 2. The standard InChI is InChI=1S/C36H44F2N6O7S/c1-24(26-6-5-7-27(18-26)36(37,38)10-9-25-20-43(21-25)34(46)47)42-31-28-19-29(35(22-39)11-16-52(48,49)17-12-35)33(45)44(32(28)41-23-40-31)13-4-2-3-8-30-50-14-15-51-30/h5-7,18-19,23-25,30H,2-4,8-17,20-21H2,1H3,(H,46,47)(H,40,41,42)/t24-/m1/s1. The number of hydrogen-bond acceptors (Lipinski definition) is 10. The molecule has 3 aliphatic heterocycles. The third-order valence-electron chi connectivity index (χ3n) is 10.6. The number of nitriles is 1. The van der Waals surface area contributed by atoms with Crippen LogP contribution in [0, 0.1) is 17.2 Å². The quantitative estimate of drug-likeness (QED) is 0.204. The van der Waals surface area contributed by atoms with E-state index in [1.54, 1.807) is 25.1 Å². The molecule has 3 aromatic rings. The maximum atomic E-state index is 15.4. The Kier molecular flexibility index (Phi) is 11.1. The van der Waals surface area contributed by atoms with Gasteiger partial charge in [-0.2, -0.15) is 5.26 Å². The number of benzene rings is 1. The van der Waals surface area contributed by atoms with Crippen LogP contribution in [-0.4, -0.2) is 83.2 Å². The van der Waals surface area contributed by atoms with Crippen LogP contribution in [0.5, 0.6) is 0 Å². The van der Waals surface area contributed by atoms with E-state index < -0.39 is 45.3 Å². The third-order valence-corrected chi connectivity index (χ3v) is 12.2. The fraction of sp³-hybridized carbons (Fsp3) is 0.583. The van der Waals surface area contributed by atoms with Crippen molar-refractivity contribution in [3.05, 3.63) is 63.7 Å². The lowest BCUT2D eigenvalue weighted by molar-refractivity contribution is -0.0480. The number of carbonyl (C=O) groups is 1. The van der Waals surface area contributed by atoms with Crippen LogP contribution in [0.2, 0.25) is 0 Å². The summed E-state index contributed by atoms with van der Waals surface area (Å²) >= 11 is 0. The van der Waals surface area contributed by atoms with E-state index in [0.717, 1.165) is 19.3 Å². The largest absolute Gasteiger partial charge is 0.465 e. The zero-order valence-corrected chi connectivity index (χ0v) is 29.9. The van der Waals surface area contributed by atoms with Gasteiger partial charge < -0.3 is 24.8 Å². The first kappa shape index (κ1) is 37.6. The van der Waals surface area contributed by atoms with Crippen molar-refractivity contribution >= 4 is 32.8 Å². The number of fused-ring (bicyclic) bond motifs is 1. The molecule has 13 nitrogen and oxygen atoms in total. The van der Waals surface area contributed by atoms with Crippen LogP contribution < -0.4 is 10.9 Å². The van der Waals surface area contributed by atoms with E-state index in [4.69, 9.17) is 14.6 Å². The summed E-state index contributed by atoms with van der Waals surface area (Å²) in [4.78, 5) is 35.4. The number of amides is 1. The van der Waals surface area contributed by atoms with Crippen LogP contribution >= 0.6 is 0 Å². The molecule has 0 saturated carbocycles. The number of sulfone groups is 1. The number of unbranched alkanes of at least 4 members (excludes halogenated alkanes) is 2. The highest BCUT2D eigenvalue weighted by Crippen LogP contribution is 2.39. The van der Waals surface area contributed by atoms with Crippen LogP contribution in [0.4, 0.5) is 19.4 Å². The Balaban J connectivity index is 1.26. The zero-order chi connectivity index (χ0) is 37.1. The summed E-state index contributed by atoms with van der Waals surface area (Å²) < 4.78 is 68.0. The Bertz CT molecular complexity index is 1980. The van der Waals surface area contributed by atoms with Gasteiger partial charge in [0, 0.05) is 43.2 Å². The Morgan fingerprint density at radius 2 is 1.87 bits per heavy atom. The molecule has 0 bridgehead atoms. The van der Waals surface area contributed by atoms with Gasteiger partial charge >= 0.3 is 6.09 Å². The maximum Gasteiger partial charge on any atom is 0.407 e. The SMILES string of the molecule is C[C@@H](Nc1ncnc2c1cc(C1(C#N)CCS(=O)(=O)CC1)c(=O)n2CCCCCC1OCCO1)c1cccc(C(F)(F)CCC2CN(C(=O)O)C2)c1. The van der Waals surface area contributed by atoms with E-state index in [-0.39, 0.29) is 67.2 Å². The lowest BCUT2D eigenvalue weighted by atomic mass is 9.77. The summed E-state index contributed by atoms with van der Waals surface area (Å²) in [7, 11) is -3.34. The molecule has 3 fully saturated rings. The molecule has 3 saturated heterocycles. The van der Waals surface area contributed by atoms with Crippen molar-refractivity contribution in [1.82, 2.24) is 19.4 Å². The number of anilines is 1. The smallest absolute Gasteiger partial charge is 0.407 e. The Labute approximate surface area is 300 Å². The number of likely N-dealkylation sites (tertiary alicyclic amines) is 1. The summed E-state index contributed by atoms with van der Waals surface area (Å²) in [6, 6.07) is 9.49. The molecule has 1 atom stereocenters. The average molecular weight is 743 g/mol. The van der Waals surface area contributed by atoms with Gasteiger partial charge in [-0.3, -0.25) is 9.36 Å². The van der Waals surface area contributed by atoms with Crippen LogP contribution in [0.15, 0.2) is 41.5 Å². The number of nitrogens with one attached hydrogen (secondary N) is 1. The number of halogens is 2. The highest BCUT2D eigenvalue weighted by molar-refractivity contribution is 7.91. The van der Waals surface area contributed by atoms with E-state index in [0.29, 0.717) is 48.6 Å². The van der Waals surface area contributed by atoms with Gasteiger partial charge in [0.25, 0.3) is 11.5 Å². The molecule has 2 aromatic heterocycles. The van der Waals surface area contributed by atoms with Crippen LogP contribution in [0.1, 0.15) is 81.0 Å². The molecule has 52 heavy (non-hydrogen) atoms. The fourth-order valence-corrected chi connectivity index (χ4v) is 8.79. The molecule has 3 aliphatic rings. The number of rotatable bonds is 14. The maximum absolute atomic E-state index is 15.4. The number of alkyl halides is 2.